The lowest BCUT2D eigenvalue weighted by Gasteiger charge is -2.06. The van der Waals surface area contributed by atoms with Crippen LogP contribution in [0.15, 0.2) is 78.2 Å². The molecule has 0 amide bonds. The maximum atomic E-state index is 10.1. The van der Waals surface area contributed by atoms with E-state index < -0.39 is 6.10 Å². The standard InChI is InChI=1S/C22H22N4OS/c27-18(21-23-13-14-24-21)12-7-15-28-22-25-19(16-8-3-1-4-9-16)20(26-22)17-10-5-2-6-11-17/h1-6,8-11,13-14,18,27H,7,12,15H2,(H,23,24)(H,25,26). The Bertz CT molecular complexity index is 927. The molecular weight excluding hydrogens is 368 g/mol. The van der Waals surface area contributed by atoms with Crippen LogP contribution in [0.1, 0.15) is 24.8 Å². The van der Waals surface area contributed by atoms with Crippen LogP contribution < -0.4 is 0 Å². The molecule has 3 N–H and O–H groups in total. The molecule has 28 heavy (non-hydrogen) atoms. The summed E-state index contributed by atoms with van der Waals surface area (Å²) in [6.45, 7) is 0. The molecule has 0 fully saturated rings. The van der Waals surface area contributed by atoms with Crippen LogP contribution >= 0.6 is 11.8 Å². The van der Waals surface area contributed by atoms with E-state index in [-0.39, 0.29) is 0 Å². The van der Waals surface area contributed by atoms with E-state index in [2.05, 4.69) is 39.2 Å². The van der Waals surface area contributed by atoms with Crippen LogP contribution in [0, 0.1) is 0 Å². The fourth-order valence-electron chi connectivity index (χ4n) is 3.08. The predicted molar refractivity (Wildman–Crippen MR) is 113 cm³/mol. The number of nitrogens with one attached hydrogen (secondary N) is 2. The van der Waals surface area contributed by atoms with Crippen LogP contribution in [0.2, 0.25) is 0 Å². The number of aliphatic hydroxyl groups excluding tert-OH is 1. The summed E-state index contributed by atoms with van der Waals surface area (Å²) in [5.41, 5.74) is 4.21. The van der Waals surface area contributed by atoms with Crippen molar-refractivity contribution in [2.45, 2.75) is 24.1 Å². The number of aromatic nitrogens is 4. The fraction of sp³-hybridized carbons (Fsp3) is 0.182. The minimum Gasteiger partial charge on any atom is -0.385 e. The van der Waals surface area contributed by atoms with Gasteiger partial charge >= 0.3 is 0 Å². The van der Waals surface area contributed by atoms with E-state index in [0.717, 1.165) is 39.8 Å². The Morgan fingerprint density at radius 1 is 0.964 bits per heavy atom. The molecule has 0 spiro atoms. The number of hydrogen-bond donors (Lipinski definition) is 3. The van der Waals surface area contributed by atoms with Crippen molar-refractivity contribution >= 4 is 11.8 Å². The molecule has 0 aliphatic carbocycles. The highest BCUT2D eigenvalue weighted by Gasteiger charge is 2.15. The summed E-state index contributed by atoms with van der Waals surface area (Å²) in [7, 11) is 0. The van der Waals surface area contributed by atoms with Gasteiger partial charge in [0.2, 0.25) is 0 Å². The van der Waals surface area contributed by atoms with Gasteiger partial charge in [-0.2, -0.15) is 0 Å². The number of aromatic amines is 2. The monoisotopic (exact) mass is 390 g/mol. The quantitative estimate of drug-likeness (QED) is 0.290. The smallest absolute Gasteiger partial charge is 0.166 e. The topological polar surface area (TPSA) is 77.6 Å². The van der Waals surface area contributed by atoms with E-state index in [1.54, 1.807) is 24.2 Å². The molecule has 0 aliphatic heterocycles. The number of rotatable bonds is 8. The summed E-state index contributed by atoms with van der Waals surface area (Å²) in [5.74, 6) is 1.49. The van der Waals surface area contributed by atoms with Gasteiger partial charge < -0.3 is 15.1 Å². The SMILES string of the molecule is OC(CCCSc1nc(-c2ccccc2)c(-c2ccccc2)[nH]1)c1ncc[nH]1. The third-order valence-electron chi connectivity index (χ3n) is 4.49. The molecule has 1 atom stereocenters. The van der Waals surface area contributed by atoms with Crippen LogP contribution in [0.5, 0.6) is 0 Å². The zero-order valence-electron chi connectivity index (χ0n) is 15.4. The van der Waals surface area contributed by atoms with Crippen molar-refractivity contribution in [1.29, 1.82) is 0 Å². The molecule has 0 aliphatic rings. The number of H-pyrrole nitrogens is 2. The highest BCUT2D eigenvalue weighted by Crippen LogP contribution is 2.33. The summed E-state index contributed by atoms with van der Waals surface area (Å²) in [6.07, 6.45) is 4.37. The van der Waals surface area contributed by atoms with E-state index in [1.807, 2.05) is 36.4 Å². The van der Waals surface area contributed by atoms with Gasteiger partial charge in [-0.25, -0.2) is 9.97 Å². The van der Waals surface area contributed by atoms with Gasteiger partial charge in [0, 0.05) is 29.3 Å². The van der Waals surface area contributed by atoms with Crippen molar-refractivity contribution in [3.05, 3.63) is 78.9 Å². The minimum atomic E-state index is -0.549. The third-order valence-corrected chi connectivity index (χ3v) is 5.45. The average Bonchev–Trinajstić information content (AvgIpc) is 3.43. The number of benzene rings is 2. The van der Waals surface area contributed by atoms with Gasteiger partial charge in [-0.3, -0.25) is 0 Å². The van der Waals surface area contributed by atoms with E-state index in [1.165, 1.54) is 0 Å². The second kappa shape index (κ2) is 8.91. The fourth-order valence-corrected chi connectivity index (χ4v) is 3.91. The lowest BCUT2D eigenvalue weighted by Crippen LogP contribution is -2.00. The van der Waals surface area contributed by atoms with Crippen molar-refractivity contribution in [2.24, 2.45) is 0 Å². The van der Waals surface area contributed by atoms with Crippen LogP contribution in [0.3, 0.4) is 0 Å². The average molecular weight is 391 g/mol. The van der Waals surface area contributed by atoms with E-state index >= 15 is 0 Å². The lowest BCUT2D eigenvalue weighted by atomic mass is 10.1. The largest absolute Gasteiger partial charge is 0.385 e. The third kappa shape index (κ3) is 4.35. The Labute approximate surface area is 168 Å². The number of thioether (sulfide) groups is 1. The molecule has 4 rings (SSSR count). The second-order valence-corrected chi connectivity index (χ2v) is 7.56. The normalized spacial score (nSPS) is 12.2. The minimum absolute atomic E-state index is 0.549. The number of hydrogen-bond acceptors (Lipinski definition) is 4. The van der Waals surface area contributed by atoms with Crippen LogP contribution in [-0.4, -0.2) is 30.8 Å². The van der Waals surface area contributed by atoms with Crippen LogP contribution in [0.25, 0.3) is 22.5 Å². The maximum Gasteiger partial charge on any atom is 0.166 e. The van der Waals surface area contributed by atoms with E-state index in [9.17, 15) is 5.11 Å². The lowest BCUT2D eigenvalue weighted by molar-refractivity contribution is 0.158. The Morgan fingerprint density at radius 3 is 2.36 bits per heavy atom. The molecule has 142 valence electrons. The molecule has 0 radical (unpaired) electrons. The van der Waals surface area contributed by atoms with Crippen LogP contribution in [0.4, 0.5) is 0 Å². The molecule has 0 saturated heterocycles. The maximum absolute atomic E-state index is 10.1. The van der Waals surface area contributed by atoms with E-state index in [4.69, 9.17) is 4.98 Å². The molecule has 0 bridgehead atoms. The number of imidazole rings is 2. The first-order valence-electron chi connectivity index (χ1n) is 9.32. The predicted octanol–water partition coefficient (Wildman–Crippen LogP) is 5.07. The van der Waals surface area contributed by atoms with Gasteiger partial charge in [-0.1, -0.05) is 72.4 Å². The van der Waals surface area contributed by atoms with Crippen molar-refractivity contribution < 1.29 is 5.11 Å². The molecule has 0 saturated carbocycles. The van der Waals surface area contributed by atoms with Gasteiger partial charge in [-0.05, 0) is 12.8 Å². The van der Waals surface area contributed by atoms with Crippen molar-refractivity contribution in [1.82, 2.24) is 19.9 Å². The molecule has 1 unspecified atom stereocenters. The Morgan fingerprint density at radius 2 is 1.68 bits per heavy atom. The molecule has 4 aromatic rings. The Hall–Kier alpha value is -2.83. The first-order valence-corrected chi connectivity index (χ1v) is 10.3. The summed E-state index contributed by atoms with van der Waals surface area (Å²) >= 11 is 1.68. The van der Waals surface area contributed by atoms with Gasteiger partial charge in [0.05, 0.1) is 11.4 Å². The zero-order chi connectivity index (χ0) is 19.2. The summed E-state index contributed by atoms with van der Waals surface area (Å²) < 4.78 is 0. The van der Waals surface area contributed by atoms with Gasteiger partial charge in [0.1, 0.15) is 11.9 Å². The molecule has 2 heterocycles. The van der Waals surface area contributed by atoms with Gasteiger partial charge in [-0.15, -0.1) is 0 Å². The Kier molecular flexibility index (Phi) is 5.89. The summed E-state index contributed by atoms with van der Waals surface area (Å²) in [4.78, 5) is 15.4. The second-order valence-electron chi connectivity index (χ2n) is 6.48. The van der Waals surface area contributed by atoms with Crippen molar-refractivity contribution in [3.8, 4) is 22.5 Å². The van der Waals surface area contributed by atoms with Gasteiger partial charge in [0.15, 0.2) is 5.16 Å². The molecule has 6 heteroatoms. The molecule has 2 aromatic carbocycles. The molecule has 5 nitrogen and oxygen atoms in total. The summed E-state index contributed by atoms with van der Waals surface area (Å²) in [5, 5.41) is 11.0. The van der Waals surface area contributed by atoms with Gasteiger partial charge in [0.25, 0.3) is 0 Å². The van der Waals surface area contributed by atoms with Crippen LogP contribution in [-0.2, 0) is 0 Å². The number of aliphatic hydroxyl groups is 1. The molecule has 2 aromatic heterocycles. The first kappa shape index (κ1) is 18.5. The highest BCUT2D eigenvalue weighted by molar-refractivity contribution is 7.99. The van der Waals surface area contributed by atoms with Crippen molar-refractivity contribution in [2.75, 3.05) is 5.75 Å². The summed E-state index contributed by atoms with van der Waals surface area (Å²) in [6, 6.07) is 20.5. The first-order chi connectivity index (χ1) is 13.8. The molecular formula is C22H22N4OS. The zero-order valence-corrected chi connectivity index (χ0v) is 16.2. The number of nitrogens with zero attached hydrogens (tertiary/aromatic N) is 2. The van der Waals surface area contributed by atoms with Crippen molar-refractivity contribution in [3.63, 3.8) is 0 Å². The Balaban J connectivity index is 1.46. The highest BCUT2D eigenvalue weighted by atomic mass is 32.2. The van der Waals surface area contributed by atoms with E-state index in [0.29, 0.717) is 12.2 Å².